The van der Waals surface area contributed by atoms with E-state index in [2.05, 4.69) is 41.9 Å². The lowest BCUT2D eigenvalue weighted by molar-refractivity contribution is -0.137. The zero-order valence-corrected chi connectivity index (χ0v) is 23.5. The Morgan fingerprint density at radius 2 is 2.00 bits per heavy atom. The Kier molecular flexibility index (Phi) is 8.66. The van der Waals surface area contributed by atoms with Crippen LogP contribution in [0.5, 0.6) is 11.5 Å². The second kappa shape index (κ2) is 11.7. The van der Waals surface area contributed by atoms with E-state index in [0.29, 0.717) is 65.4 Å². The molecule has 12 heteroatoms. The Labute approximate surface area is 229 Å². The predicted octanol–water partition coefficient (Wildman–Crippen LogP) is 4.40. The maximum absolute atomic E-state index is 13.0. The van der Waals surface area contributed by atoms with E-state index in [9.17, 15) is 9.59 Å². The minimum atomic E-state index is -0.302. The van der Waals surface area contributed by atoms with Crippen molar-refractivity contribution < 1.29 is 19.0 Å². The van der Waals surface area contributed by atoms with Gasteiger partial charge in [0.05, 0.1) is 36.9 Å². The molecule has 2 aromatic carbocycles. The summed E-state index contributed by atoms with van der Waals surface area (Å²) >= 11 is 13.5. The van der Waals surface area contributed by atoms with Crippen LogP contribution >= 0.6 is 43.5 Å². The van der Waals surface area contributed by atoms with Crippen LogP contribution in [0, 0.1) is 6.92 Å². The van der Waals surface area contributed by atoms with E-state index in [-0.39, 0.29) is 28.8 Å². The minimum Gasteiger partial charge on any atom is -0.490 e. The Balaban J connectivity index is 1.64. The molecule has 1 aromatic heterocycles. The molecule has 190 valence electrons. The van der Waals surface area contributed by atoms with E-state index in [0.717, 1.165) is 4.47 Å². The molecule has 0 saturated carbocycles. The standard InChI is InChI=1S/C24H23Br2ClN4O5/c1-3-35-19-10-15(12-28-31-14(2)29-18-5-4-16(25)11-17(18)24(31)33)21(26)22(27)23(19)36-13-20(32)30-6-8-34-9-7-30/h4-5,10-12H,3,6-9,13H2,1-2H3. The minimum absolute atomic E-state index is 0.163. The number of rotatable bonds is 7. The van der Waals surface area contributed by atoms with Crippen LogP contribution < -0.4 is 15.0 Å². The highest BCUT2D eigenvalue weighted by Gasteiger charge is 2.21. The van der Waals surface area contributed by atoms with E-state index in [1.807, 2.05) is 13.0 Å². The molecule has 0 atom stereocenters. The average molecular weight is 643 g/mol. The fraction of sp³-hybridized carbons (Fsp3) is 0.333. The maximum atomic E-state index is 13.0. The molecule has 0 spiro atoms. The van der Waals surface area contributed by atoms with Gasteiger partial charge in [-0.15, -0.1) is 0 Å². The monoisotopic (exact) mass is 640 g/mol. The molecule has 4 rings (SSSR count). The summed E-state index contributed by atoms with van der Waals surface area (Å²) < 4.78 is 19.3. The summed E-state index contributed by atoms with van der Waals surface area (Å²) in [6, 6.07) is 6.99. The number of amides is 1. The molecule has 1 aliphatic heterocycles. The van der Waals surface area contributed by atoms with Gasteiger partial charge in [-0.25, -0.2) is 4.98 Å². The molecule has 2 heterocycles. The summed E-state index contributed by atoms with van der Waals surface area (Å²) in [4.78, 5) is 31.7. The lowest BCUT2D eigenvalue weighted by Crippen LogP contribution is -2.43. The highest BCUT2D eigenvalue weighted by Crippen LogP contribution is 2.42. The summed E-state index contributed by atoms with van der Waals surface area (Å²) in [5, 5.41) is 5.03. The van der Waals surface area contributed by atoms with Gasteiger partial charge in [-0.1, -0.05) is 27.5 Å². The fourth-order valence-corrected chi connectivity index (χ4v) is 4.66. The third-order valence-electron chi connectivity index (χ3n) is 5.44. The van der Waals surface area contributed by atoms with Crippen molar-refractivity contribution in [1.29, 1.82) is 0 Å². The van der Waals surface area contributed by atoms with Crippen LogP contribution in [0.15, 0.2) is 43.1 Å². The largest absolute Gasteiger partial charge is 0.490 e. The molecule has 36 heavy (non-hydrogen) atoms. The third kappa shape index (κ3) is 5.74. The number of aromatic nitrogens is 2. The van der Waals surface area contributed by atoms with Crippen molar-refractivity contribution in [2.24, 2.45) is 5.10 Å². The smallest absolute Gasteiger partial charge is 0.282 e. The van der Waals surface area contributed by atoms with E-state index >= 15 is 0 Å². The molecule has 1 amide bonds. The van der Waals surface area contributed by atoms with E-state index in [1.165, 1.54) is 10.9 Å². The number of morpholine rings is 1. The average Bonchev–Trinajstić information content (AvgIpc) is 2.87. The van der Waals surface area contributed by atoms with Crippen molar-refractivity contribution in [1.82, 2.24) is 14.6 Å². The number of aryl methyl sites for hydroxylation is 1. The van der Waals surface area contributed by atoms with Crippen molar-refractivity contribution in [2.45, 2.75) is 13.8 Å². The number of fused-ring (bicyclic) bond motifs is 1. The van der Waals surface area contributed by atoms with Gasteiger partial charge in [0, 0.05) is 27.6 Å². The van der Waals surface area contributed by atoms with Gasteiger partial charge in [0.2, 0.25) is 0 Å². The summed E-state index contributed by atoms with van der Waals surface area (Å²) in [6.45, 7) is 5.74. The topological polar surface area (TPSA) is 95.2 Å². The zero-order chi connectivity index (χ0) is 25.8. The number of benzene rings is 2. The van der Waals surface area contributed by atoms with Crippen molar-refractivity contribution in [2.75, 3.05) is 39.5 Å². The Bertz CT molecular complexity index is 1390. The number of halogens is 3. The normalized spacial score (nSPS) is 14.0. The van der Waals surface area contributed by atoms with E-state index in [1.54, 1.807) is 30.0 Å². The fourth-order valence-electron chi connectivity index (χ4n) is 3.65. The van der Waals surface area contributed by atoms with Crippen molar-refractivity contribution in [3.63, 3.8) is 0 Å². The number of carbonyl (C=O) groups is 1. The van der Waals surface area contributed by atoms with Gasteiger partial charge in [-0.05, 0) is 54.0 Å². The first-order valence-electron chi connectivity index (χ1n) is 11.2. The molecule has 0 aliphatic carbocycles. The summed E-state index contributed by atoms with van der Waals surface area (Å²) in [6.07, 6.45) is 1.49. The third-order valence-corrected chi connectivity index (χ3v) is 7.38. The molecule has 3 aromatic rings. The van der Waals surface area contributed by atoms with Crippen molar-refractivity contribution in [3.8, 4) is 11.5 Å². The molecular formula is C24H23Br2ClN4O5. The number of hydrogen-bond acceptors (Lipinski definition) is 7. The van der Waals surface area contributed by atoms with Gasteiger partial charge in [0.15, 0.2) is 18.1 Å². The van der Waals surface area contributed by atoms with Gasteiger partial charge >= 0.3 is 0 Å². The predicted molar refractivity (Wildman–Crippen MR) is 145 cm³/mol. The van der Waals surface area contributed by atoms with Gasteiger partial charge in [-0.2, -0.15) is 9.78 Å². The molecule has 0 unspecified atom stereocenters. The Morgan fingerprint density at radius 1 is 1.25 bits per heavy atom. The van der Waals surface area contributed by atoms with Crippen LogP contribution in [0.1, 0.15) is 18.3 Å². The molecule has 1 saturated heterocycles. The van der Waals surface area contributed by atoms with E-state index in [4.69, 9.17) is 25.8 Å². The van der Waals surface area contributed by atoms with Crippen molar-refractivity contribution >= 4 is 66.5 Å². The number of ether oxygens (including phenoxy) is 3. The Morgan fingerprint density at radius 3 is 2.72 bits per heavy atom. The first kappa shape index (κ1) is 26.6. The zero-order valence-electron chi connectivity index (χ0n) is 19.6. The Hall–Kier alpha value is -2.47. The van der Waals surface area contributed by atoms with Crippen LogP contribution in [0.2, 0.25) is 5.02 Å². The molecular weight excluding hydrogens is 620 g/mol. The summed E-state index contributed by atoms with van der Waals surface area (Å²) in [5.41, 5.74) is 0.836. The van der Waals surface area contributed by atoms with Crippen LogP contribution in [-0.2, 0) is 9.53 Å². The molecule has 0 N–H and O–H groups in total. The number of hydrogen-bond donors (Lipinski definition) is 0. The quantitative estimate of drug-likeness (QED) is 0.355. The van der Waals surface area contributed by atoms with Gasteiger partial charge in [-0.3, -0.25) is 9.59 Å². The van der Waals surface area contributed by atoms with Crippen LogP contribution in [0.3, 0.4) is 0 Å². The van der Waals surface area contributed by atoms with Crippen LogP contribution in [0.25, 0.3) is 10.9 Å². The molecule has 1 aliphatic rings. The summed E-state index contributed by atoms with van der Waals surface area (Å²) in [7, 11) is 0. The lowest BCUT2D eigenvalue weighted by Gasteiger charge is -2.27. The van der Waals surface area contributed by atoms with Gasteiger partial charge in [0.25, 0.3) is 11.5 Å². The van der Waals surface area contributed by atoms with Crippen LogP contribution in [0.4, 0.5) is 0 Å². The van der Waals surface area contributed by atoms with Gasteiger partial charge in [0.1, 0.15) is 10.8 Å². The SMILES string of the molecule is CCOc1cc(C=Nn2c(C)nc3ccc(Br)cc3c2=O)c(Br)c(Cl)c1OCC(=O)N1CCOCC1. The highest BCUT2D eigenvalue weighted by molar-refractivity contribution is 9.10. The lowest BCUT2D eigenvalue weighted by atomic mass is 10.2. The number of carbonyl (C=O) groups excluding carboxylic acids is 1. The molecule has 1 fully saturated rings. The van der Waals surface area contributed by atoms with E-state index < -0.39 is 0 Å². The second-order valence-corrected chi connectivity index (χ2v) is 9.90. The van der Waals surface area contributed by atoms with Crippen molar-refractivity contribution in [3.05, 3.63) is 60.0 Å². The highest BCUT2D eigenvalue weighted by atomic mass is 79.9. The number of nitrogens with zero attached hydrogens (tertiary/aromatic N) is 4. The second-order valence-electron chi connectivity index (χ2n) is 7.82. The molecule has 0 bridgehead atoms. The van der Waals surface area contributed by atoms with Gasteiger partial charge < -0.3 is 19.1 Å². The maximum Gasteiger partial charge on any atom is 0.282 e. The van der Waals surface area contributed by atoms with Crippen LogP contribution in [-0.4, -0.2) is 66.2 Å². The molecule has 0 radical (unpaired) electrons. The first-order valence-corrected chi connectivity index (χ1v) is 13.1. The summed E-state index contributed by atoms with van der Waals surface area (Å²) in [5.74, 6) is 0.866. The first-order chi connectivity index (χ1) is 17.3. The molecule has 9 nitrogen and oxygen atoms in total.